The number of hydrogen-bond donors (Lipinski definition) is 0. The summed E-state index contributed by atoms with van der Waals surface area (Å²) in [6, 6.07) is 4.41. The molecule has 0 aliphatic heterocycles. The van der Waals surface area contributed by atoms with Crippen molar-refractivity contribution in [1.29, 1.82) is 0 Å². The second-order valence-corrected chi connectivity index (χ2v) is 5.76. The van der Waals surface area contributed by atoms with Gasteiger partial charge in [0.2, 0.25) is 0 Å². The first-order valence-electron chi connectivity index (χ1n) is 7.05. The molecule has 2 nitrogen and oxygen atoms in total. The van der Waals surface area contributed by atoms with Gasteiger partial charge in [0.25, 0.3) is 0 Å². The van der Waals surface area contributed by atoms with Gasteiger partial charge in [-0.2, -0.15) is 0 Å². The van der Waals surface area contributed by atoms with Crippen LogP contribution in [0.4, 0.5) is 0 Å². The molecule has 0 aliphatic rings. The fourth-order valence-electron chi connectivity index (χ4n) is 2.35. The Balaban J connectivity index is 2.65. The van der Waals surface area contributed by atoms with Crippen molar-refractivity contribution in [2.45, 2.75) is 47.5 Å². The summed E-state index contributed by atoms with van der Waals surface area (Å²) in [6.45, 7) is 10.5. The van der Waals surface area contributed by atoms with Crippen molar-refractivity contribution in [2.24, 2.45) is 0 Å². The van der Waals surface area contributed by atoms with Gasteiger partial charge in [-0.05, 0) is 56.9 Å². The topological polar surface area (TPSA) is 25.8 Å². The number of aromatic nitrogens is 2. The first-order valence-corrected chi connectivity index (χ1v) is 7.43. The Morgan fingerprint density at radius 3 is 2.25 bits per heavy atom. The molecule has 0 amide bonds. The van der Waals surface area contributed by atoms with Crippen LogP contribution < -0.4 is 0 Å². The van der Waals surface area contributed by atoms with E-state index in [1.54, 1.807) is 0 Å². The molecule has 2 rings (SSSR count). The van der Waals surface area contributed by atoms with E-state index in [2.05, 4.69) is 44.8 Å². The SMILES string of the molecule is CCCc1nc(Cl)c(C)c(-c2cc(C)c(C)cc2C)n1. The Bertz CT molecular complexity index is 648. The van der Waals surface area contributed by atoms with Gasteiger partial charge in [-0.25, -0.2) is 9.97 Å². The first kappa shape index (κ1) is 15.0. The molecule has 3 heteroatoms. The van der Waals surface area contributed by atoms with Gasteiger partial charge in [0.15, 0.2) is 0 Å². The number of benzene rings is 1. The van der Waals surface area contributed by atoms with E-state index in [0.29, 0.717) is 5.15 Å². The van der Waals surface area contributed by atoms with E-state index in [1.807, 2.05) is 6.92 Å². The van der Waals surface area contributed by atoms with E-state index < -0.39 is 0 Å². The smallest absolute Gasteiger partial charge is 0.136 e. The average molecular weight is 289 g/mol. The molecule has 20 heavy (non-hydrogen) atoms. The van der Waals surface area contributed by atoms with E-state index >= 15 is 0 Å². The highest BCUT2D eigenvalue weighted by Gasteiger charge is 2.13. The molecule has 0 spiro atoms. The molecule has 0 radical (unpaired) electrons. The highest BCUT2D eigenvalue weighted by Crippen LogP contribution is 2.30. The van der Waals surface area contributed by atoms with Crippen molar-refractivity contribution in [1.82, 2.24) is 9.97 Å². The van der Waals surface area contributed by atoms with Gasteiger partial charge in [-0.1, -0.05) is 24.6 Å². The largest absolute Gasteiger partial charge is 0.233 e. The van der Waals surface area contributed by atoms with Crippen LogP contribution in [0.15, 0.2) is 12.1 Å². The van der Waals surface area contributed by atoms with Crippen molar-refractivity contribution >= 4 is 11.6 Å². The van der Waals surface area contributed by atoms with Crippen LogP contribution in [0, 0.1) is 27.7 Å². The van der Waals surface area contributed by atoms with Gasteiger partial charge < -0.3 is 0 Å². The van der Waals surface area contributed by atoms with E-state index in [9.17, 15) is 0 Å². The second-order valence-electron chi connectivity index (χ2n) is 5.41. The van der Waals surface area contributed by atoms with E-state index in [0.717, 1.165) is 35.5 Å². The maximum absolute atomic E-state index is 6.28. The quantitative estimate of drug-likeness (QED) is 0.744. The highest BCUT2D eigenvalue weighted by molar-refractivity contribution is 6.30. The maximum Gasteiger partial charge on any atom is 0.136 e. The van der Waals surface area contributed by atoms with Gasteiger partial charge in [-0.3, -0.25) is 0 Å². The summed E-state index contributed by atoms with van der Waals surface area (Å²) in [4.78, 5) is 9.10. The summed E-state index contributed by atoms with van der Waals surface area (Å²) in [5.41, 5.74) is 6.89. The minimum Gasteiger partial charge on any atom is -0.233 e. The van der Waals surface area contributed by atoms with Gasteiger partial charge in [0, 0.05) is 17.5 Å². The molecule has 0 atom stereocenters. The third kappa shape index (κ3) is 2.85. The zero-order valence-corrected chi connectivity index (χ0v) is 13.6. The molecule has 0 saturated carbocycles. The van der Waals surface area contributed by atoms with Crippen molar-refractivity contribution in [3.05, 3.63) is 45.4 Å². The molecule has 0 N–H and O–H groups in total. The van der Waals surface area contributed by atoms with Crippen molar-refractivity contribution in [3.63, 3.8) is 0 Å². The number of aryl methyl sites for hydroxylation is 4. The molecule has 1 aromatic carbocycles. The van der Waals surface area contributed by atoms with Crippen LogP contribution in [0.25, 0.3) is 11.3 Å². The lowest BCUT2D eigenvalue weighted by atomic mass is 9.97. The van der Waals surface area contributed by atoms with Gasteiger partial charge in [-0.15, -0.1) is 0 Å². The zero-order valence-electron chi connectivity index (χ0n) is 12.8. The molecule has 0 aliphatic carbocycles. The Hall–Kier alpha value is -1.41. The molecule has 2 aromatic rings. The summed E-state index contributed by atoms with van der Waals surface area (Å²) < 4.78 is 0. The van der Waals surface area contributed by atoms with E-state index in [-0.39, 0.29) is 0 Å². The molecule has 0 fully saturated rings. The fraction of sp³-hybridized carbons (Fsp3) is 0.412. The summed E-state index contributed by atoms with van der Waals surface area (Å²) in [5.74, 6) is 0.829. The number of nitrogens with zero attached hydrogens (tertiary/aromatic N) is 2. The second kappa shape index (κ2) is 5.92. The minimum atomic E-state index is 0.566. The predicted octanol–water partition coefficient (Wildman–Crippen LogP) is 4.98. The fourth-order valence-corrected chi connectivity index (χ4v) is 2.53. The van der Waals surface area contributed by atoms with Crippen molar-refractivity contribution in [2.75, 3.05) is 0 Å². The first-order chi connectivity index (χ1) is 9.43. The highest BCUT2D eigenvalue weighted by atomic mass is 35.5. The Kier molecular flexibility index (Phi) is 4.44. The Labute approximate surface area is 126 Å². The molecular weight excluding hydrogens is 268 g/mol. The summed E-state index contributed by atoms with van der Waals surface area (Å²) >= 11 is 6.28. The molecule has 106 valence electrons. The molecule has 1 aromatic heterocycles. The summed E-state index contributed by atoms with van der Waals surface area (Å²) in [6.07, 6.45) is 1.88. The van der Waals surface area contributed by atoms with Crippen LogP contribution >= 0.6 is 11.6 Å². The minimum absolute atomic E-state index is 0.566. The van der Waals surface area contributed by atoms with Crippen LogP contribution in [0.1, 0.15) is 41.4 Å². The number of halogens is 1. The standard InChI is InChI=1S/C17H21ClN2/c1-6-7-15-19-16(13(5)17(18)20-15)14-9-11(3)10(2)8-12(14)4/h8-9H,6-7H2,1-5H3. The third-order valence-electron chi connectivity index (χ3n) is 3.70. The molecule has 0 saturated heterocycles. The summed E-state index contributed by atoms with van der Waals surface area (Å²) in [5, 5.41) is 0.566. The van der Waals surface area contributed by atoms with Crippen molar-refractivity contribution in [3.8, 4) is 11.3 Å². The lowest BCUT2D eigenvalue weighted by Gasteiger charge is -2.13. The van der Waals surface area contributed by atoms with Crippen LogP contribution in [0.2, 0.25) is 5.15 Å². The van der Waals surface area contributed by atoms with Crippen LogP contribution in [-0.2, 0) is 6.42 Å². The molecular formula is C17H21ClN2. The maximum atomic E-state index is 6.28. The third-order valence-corrected chi connectivity index (χ3v) is 4.07. The van der Waals surface area contributed by atoms with Gasteiger partial charge >= 0.3 is 0 Å². The van der Waals surface area contributed by atoms with Crippen LogP contribution in [0.5, 0.6) is 0 Å². The monoisotopic (exact) mass is 288 g/mol. The van der Waals surface area contributed by atoms with Gasteiger partial charge in [0.1, 0.15) is 11.0 Å². The zero-order chi connectivity index (χ0) is 14.9. The van der Waals surface area contributed by atoms with E-state index in [1.165, 1.54) is 16.7 Å². The van der Waals surface area contributed by atoms with Crippen LogP contribution in [0.3, 0.4) is 0 Å². The van der Waals surface area contributed by atoms with Crippen molar-refractivity contribution < 1.29 is 0 Å². The van der Waals surface area contributed by atoms with E-state index in [4.69, 9.17) is 16.6 Å². The predicted molar refractivity (Wildman–Crippen MR) is 85.4 cm³/mol. The Morgan fingerprint density at radius 2 is 1.60 bits per heavy atom. The molecule has 0 unspecified atom stereocenters. The van der Waals surface area contributed by atoms with Crippen LogP contribution in [-0.4, -0.2) is 9.97 Å². The normalized spacial score (nSPS) is 10.9. The lowest BCUT2D eigenvalue weighted by molar-refractivity contribution is 0.833. The Morgan fingerprint density at radius 1 is 0.950 bits per heavy atom. The summed E-state index contributed by atoms with van der Waals surface area (Å²) in [7, 11) is 0. The molecule has 0 bridgehead atoms. The number of rotatable bonds is 3. The lowest BCUT2D eigenvalue weighted by Crippen LogP contribution is -2.02. The van der Waals surface area contributed by atoms with Gasteiger partial charge in [0.05, 0.1) is 5.69 Å². The number of hydrogen-bond acceptors (Lipinski definition) is 2. The molecule has 1 heterocycles. The average Bonchev–Trinajstić information content (AvgIpc) is 2.38.